The largest absolute Gasteiger partial charge is 0.444 e. The molecule has 0 aliphatic heterocycles. The highest BCUT2D eigenvalue weighted by Gasteiger charge is 2.09. The maximum absolute atomic E-state index is 5.77. The molecular formula is C12H16ClNO. The van der Waals surface area contributed by atoms with Crippen molar-refractivity contribution < 1.29 is 4.42 Å². The molecular weight excluding hydrogens is 210 g/mol. The highest BCUT2D eigenvalue weighted by molar-refractivity contribution is 6.29. The summed E-state index contributed by atoms with van der Waals surface area (Å²) in [6, 6.07) is 1.79. The van der Waals surface area contributed by atoms with Crippen LogP contribution in [0.15, 0.2) is 22.9 Å². The SMILES string of the molecule is CC.CC(C)c1cncc2cc(Cl)oc12. The molecule has 0 fully saturated rings. The molecule has 0 aliphatic rings. The summed E-state index contributed by atoms with van der Waals surface area (Å²) in [5, 5.41) is 1.39. The smallest absolute Gasteiger partial charge is 0.194 e. The standard InChI is InChI=1S/C10H10ClNO.C2H6/c1-6(2)8-5-12-4-7-3-9(11)13-10(7)8;1-2/h3-6H,1-2H3;1-2H3. The number of hydrogen-bond donors (Lipinski definition) is 0. The van der Waals surface area contributed by atoms with Crippen molar-refractivity contribution >= 4 is 22.6 Å². The number of fused-ring (bicyclic) bond motifs is 1. The predicted octanol–water partition coefficient (Wildman–Crippen LogP) is 4.63. The Morgan fingerprint density at radius 1 is 1.27 bits per heavy atom. The van der Waals surface area contributed by atoms with Crippen molar-refractivity contribution in [3.8, 4) is 0 Å². The van der Waals surface area contributed by atoms with E-state index in [1.54, 1.807) is 12.3 Å². The van der Waals surface area contributed by atoms with Crippen LogP contribution in [0, 0.1) is 0 Å². The van der Waals surface area contributed by atoms with Crippen LogP contribution in [-0.2, 0) is 0 Å². The molecule has 2 rings (SSSR count). The van der Waals surface area contributed by atoms with Crippen molar-refractivity contribution in [2.24, 2.45) is 0 Å². The Balaban J connectivity index is 0.000000531. The molecule has 0 bridgehead atoms. The normalized spacial score (nSPS) is 10.3. The van der Waals surface area contributed by atoms with E-state index in [0.717, 1.165) is 16.5 Å². The summed E-state index contributed by atoms with van der Waals surface area (Å²) in [7, 11) is 0. The van der Waals surface area contributed by atoms with Crippen molar-refractivity contribution in [2.75, 3.05) is 0 Å². The third-order valence-corrected chi connectivity index (χ3v) is 2.23. The van der Waals surface area contributed by atoms with Gasteiger partial charge in [0.15, 0.2) is 5.22 Å². The van der Waals surface area contributed by atoms with Gasteiger partial charge < -0.3 is 4.42 Å². The predicted molar refractivity (Wildman–Crippen MR) is 64.5 cm³/mol. The van der Waals surface area contributed by atoms with E-state index in [0.29, 0.717) is 11.1 Å². The van der Waals surface area contributed by atoms with E-state index < -0.39 is 0 Å². The first-order valence-electron chi connectivity index (χ1n) is 5.21. The summed E-state index contributed by atoms with van der Waals surface area (Å²) in [4.78, 5) is 4.13. The highest BCUT2D eigenvalue weighted by Crippen LogP contribution is 2.28. The monoisotopic (exact) mass is 225 g/mol. The number of nitrogens with zero attached hydrogens (tertiary/aromatic N) is 1. The van der Waals surface area contributed by atoms with Gasteiger partial charge in [-0.05, 0) is 17.5 Å². The topological polar surface area (TPSA) is 26.0 Å². The summed E-state index contributed by atoms with van der Waals surface area (Å²) in [6.07, 6.45) is 3.59. The van der Waals surface area contributed by atoms with Crippen LogP contribution >= 0.6 is 11.6 Å². The lowest BCUT2D eigenvalue weighted by Crippen LogP contribution is -1.88. The van der Waals surface area contributed by atoms with E-state index in [9.17, 15) is 0 Å². The number of rotatable bonds is 1. The molecule has 82 valence electrons. The quantitative estimate of drug-likeness (QED) is 0.707. The molecule has 3 heteroatoms. The molecule has 0 saturated heterocycles. The second-order valence-corrected chi connectivity index (χ2v) is 3.72. The first-order valence-corrected chi connectivity index (χ1v) is 5.59. The molecule has 0 radical (unpaired) electrons. The number of pyridine rings is 1. The van der Waals surface area contributed by atoms with Gasteiger partial charge in [0.2, 0.25) is 0 Å². The number of furan rings is 1. The highest BCUT2D eigenvalue weighted by atomic mass is 35.5. The van der Waals surface area contributed by atoms with Crippen molar-refractivity contribution in [1.29, 1.82) is 0 Å². The molecule has 0 unspecified atom stereocenters. The van der Waals surface area contributed by atoms with Crippen molar-refractivity contribution in [2.45, 2.75) is 33.6 Å². The van der Waals surface area contributed by atoms with Gasteiger partial charge in [-0.25, -0.2) is 0 Å². The molecule has 0 aromatic carbocycles. The third kappa shape index (κ3) is 2.51. The van der Waals surface area contributed by atoms with Crippen LogP contribution < -0.4 is 0 Å². The van der Waals surface area contributed by atoms with E-state index in [1.165, 1.54) is 0 Å². The molecule has 2 aromatic rings. The molecule has 0 atom stereocenters. The van der Waals surface area contributed by atoms with Gasteiger partial charge in [-0.1, -0.05) is 27.7 Å². The number of halogens is 1. The van der Waals surface area contributed by atoms with E-state index in [2.05, 4.69) is 18.8 Å². The van der Waals surface area contributed by atoms with Gasteiger partial charge in [0, 0.05) is 29.4 Å². The van der Waals surface area contributed by atoms with E-state index in [-0.39, 0.29) is 0 Å². The van der Waals surface area contributed by atoms with Crippen LogP contribution in [0.5, 0.6) is 0 Å². The fourth-order valence-corrected chi connectivity index (χ4v) is 1.56. The Bertz CT molecular complexity index is 434. The first-order chi connectivity index (χ1) is 7.18. The first kappa shape index (κ1) is 12.1. The van der Waals surface area contributed by atoms with Crippen LogP contribution in [0.4, 0.5) is 0 Å². The van der Waals surface area contributed by atoms with Crippen LogP contribution in [-0.4, -0.2) is 4.98 Å². The summed E-state index contributed by atoms with van der Waals surface area (Å²) in [5.41, 5.74) is 1.96. The Kier molecular flexibility index (Phi) is 4.15. The minimum absolute atomic E-state index is 0.401. The average molecular weight is 226 g/mol. The molecule has 0 aliphatic carbocycles. The molecule has 0 amide bonds. The maximum atomic E-state index is 5.77. The van der Waals surface area contributed by atoms with Crippen molar-refractivity contribution in [3.63, 3.8) is 0 Å². The maximum Gasteiger partial charge on any atom is 0.194 e. The van der Waals surface area contributed by atoms with Gasteiger partial charge >= 0.3 is 0 Å². The van der Waals surface area contributed by atoms with Crippen LogP contribution in [0.25, 0.3) is 11.0 Å². The second kappa shape index (κ2) is 5.17. The Hall–Kier alpha value is -1.02. The van der Waals surface area contributed by atoms with Gasteiger partial charge in [-0.15, -0.1) is 0 Å². The molecule has 0 N–H and O–H groups in total. The molecule has 2 heterocycles. The second-order valence-electron chi connectivity index (χ2n) is 3.35. The summed E-state index contributed by atoms with van der Waals surface area (Å²) in [5.74, 6) is 0.401. The Labute approximate surface area is 95.3 Å². The Morgan fingerprint density at radius 2 is 1.93 bits per heavy atom. The molecule has 2 nitrogen and oxygen atoms in total. The number of hydrogen-bond acceptors (Lipinski definition) is 2. The van der Waals surface area contributed by atoms with Gasteiger partial charge in [0.05, 0.1) is 0 Å². The molecule has 2 aromatic heterocycles. The lowest BCUT2D eigenvalue weighted by Gasteiger charge is -2.03. The van der Waals surface area contributed by atoms with Crippen molar-refractivity contribution in [3.05, 3.63) is 29.2 Å². The lowest BCUT2D eigenvalue weighted by molar-refractivity contribution is 0.608. The molecule has 0 saturated carbocycles. The lowest BCUT2D eigenvalue weighted by atomic mass is 10.0. The average Bonchev–Trinajstić information content (AvgIpc) is 2.60. The van der Waals surface area contributed by atoms with Gasteiger partial charge in [-0.3, -0.25) is 4.98 Å². The zero-order valence-electron chi connectivity index (χ0n) is 9.54. The zero-order chi connectivity index (χ0) is 11.4. The summed E-state index contributed by atoms with van der Waals surface area (Å²) in [6.45, 7) is 8.21. The van der Waals surface area contributed by atoms with Gasteiger partial charge in [0.1, 0.15) is 5.58 Å². The third-order valence-electron chi connectivity index (χ3n) is 2.04. The zero-order valence-corrected chi connectivity index (χ0v) is 10.3. The fraction of sp³-hybridized carbons (Fsp3) is 0.417. The summed E-state index contributed by atoms with van der Waals surface area (Å²) >= 11 is 5.77. The van der Waals surface area contributed by atoms with Gasteiger partial charge in [0.25, 0.3) is 0 Å². The number of aromatic nitrogens is 1. The minimum Gasteiger partial charge on any atom is -0.444 e. The summed E-state index contributed by atoms with van der Waals surface area (Å²) < 4.78 is 5.39. The van der Waals surface area contributed by atoms with E-state index in [1.807, 2.05) is 20.0 Å². The van der Waals surface area contributed by atoms with Crippen molar-refractivity contribution in [1.82, 2.24) is 4.98 Å². The Morgan fingerprint density at radius 3 is 2.53 bits per heavy atom. The molecule has 15 heavy (non-hydrogen) atoms. The van der Waals surface area contributed by atoms with E-state index in [4.69, 9.17) is 16.0 Å². The minimum atomic E-state index is 0.401. The van der Waals surface area contributed by atoms with E-state index >= 15 is 0 Å². The molecule has 0 spiro atoms. The van der Waals surface area contributed by atoms with Crippen LogP contribution in [0.2, 0.25) is 5.22 Å². The van der Waals surface area contributed by atoms with Gasteiger partial charge in [-0.2, -0.15) is 0 Å². The van der Waals surface area contributed by atoms with Crippen LogP contribution in [0.1, 0.15) is 39.2 Å². The van der Waals surface area contributed by atoms with Crippen LogP contribution in [0.3, 0.4) is 0 Å². The fourth-order valence-electron chi connectivity index (χ4n) is 1.36.